The summed E-state index contributed by atoms with van der Waals surface area (Å²) >= 11 is 9.42. The van der Waals surface area contributed by atoms with Crippen LogP contribution >= 0.6 is 34.3 Å². The van der Waals surface area contributed by atoms with Gasteiger partial charge in [0, 0.05) is 35.8 Å². The molecule has 0 saturated carbocycles. The van der Waals surface area contributed by atoms with Crippen molar-refractivity contribution in [1.82, 2.24) is 9.88 Å². The summed E-state index contributed by atoms with van der Waals surface area (Å²) in [7, 11) is 0. The standard InChI is InChI=1S/C14H17ClN2S2/c1-10-12-4-7-18-13(12)2-5-17(10)6-3-14-16-11(8-15)9-19-14/h4,7,9-10H,2-3,5-6,8H2,1H3. The molecule has 0 aliphatic carbocycles. The first-order valence-corrected chi connectivity index (χ1v) is 8.87. The van der Waals surface area contributed by atoms with E-state index in [0.29, 0.717) is 11.9 Å². The number of rotatable bonds is 4. The van der Waals surface area contributed by atoms with Gasteiger partial charge >= 0.3 is 0 Å². The maximum atomic E-state index is 5.79. The fourth-order valence-corrected chi connectivity index (χ4v) is 4.61. The number of thiazole rings is 1. The number of nitrogens with zero attached hydrogens (tertiary/aromatic N) is 2. The zero-order valence-electron chi connectivity index (χ0n) is 10.9. The summed E-state index contributed by atoms with van der Waals surface area (Å²) in [6.45, 7) is 4.57. The Hall–Kier alpha value is -0.420. The third kappa shape index (κ3) is 2.87. The van der Waals surface area contributed by atoms with Crippen molar-refractivity contribution in [2.24, 2.45) is 0 Å². The molecule has 0 saturated heterocycles. The van der Waals surface area contributed by atoms with Crippen molar-refractivity contribution in [2.45, 2.75) is 31.7 Å². The summed E-state index contributed by atoms with van der Waals surface area (Å²) in [4.78, 5) is 8.67. The molecule has 0 amide bonds. The number of fused-ring (bicyclic) bond motifs is 1. The van der Waals surface area contributed by atoms with E-state index in [0.717, 1.165) is 18.7 Å². The predicted molar refractivity (Wildman–Crippen MR) is 83.4 cm³/mol. The van der Waals surface area contributed by atoms with Crippen molar-refractivity contribution in [3.8, 4) is 0 Å². The van der Waals surface area contributed by atoms with E-state index in [9.17, 15) is 0 Å². The third-order valence-corrected chi connectivity index (χ3v) is 5.98. The van der Waals surface area contributed by atoms with Crippen LogP contribution < -0.4 is 0 Å². The van der Waals surface area contributed by atoms with E-state index >= 15 is 0 Å². The van der Waals surface area contributed by atoms with Crippen LogP contribution in [-0.2, 0) is 18.7 Å². The van der Waals surface area contributed by atoms with Crippen molar-refractivity contribution in [1.29, 1.82) is 0 Å². The Morgan fingerprint density at radius 2 is 2.37 bits per heavy atom. The second-order valence-electron chi connectivity index (χ2n) is 4.88. The van der Waals surface area contributed by atoms with Crippen LogP contribution in [-0.4, -0.2) is 23.0 Å². The molecular formula is C14H17ClN2S2. The van der Waals surface area contributed by atoms with E-state index in [2.05, 4.69) is 33.6 Å². The van der Waals surface area contributed by atoms with Crippen LogP contribution in [0.4, 0.5) is 0 Å². The second kappa shape index (κ2) is 5.92. The highest BCUT2D eigenvalue weighted by Gasteiger charge is 2.24. The Balaban J connectivity index is 1.62. The fraction of sp³-hybridized carbons (Fsp3) is 0.500. The van der Waals surface area contributed by atoms with Gasteiger partial charge in [-0.2, -0.15) is 0 Å². The Bertz CT molecular complexity index is 549. The second-order valence-corrected chi connectivity index (χ2v) is 7.09. The molecule has 3 rings (SSSR count). The first-order valence-electron chi connectivity index (χ1n) is 6.57. The van der Waals surface area contributed by atoms with Gasteiger partial charge in [-0.1, -0.05) is 0 Å². The van der Waals surface area contributed by atoms with E-state index in [4.69, 9.17) is 11.6 Å². The lowest BCUT2D eigenvalue weighted by Gasteiger charge is -2.33. The molecule has 102 valence electrons. The molecular weight excluding hydrogens is 296 g/mol. The molecule has 19 heavy (non-hydrogen) atoms. The molecule has 3 heterocycles. The summed E-state index contributed by atoms with van der Waals surface area (Å²) in [6.07, 6.45) is 2.23. The molecule has 0 N–H and O–H groups in total. The lowest BCUT2D eigenvalue weighted by Crippen LogP contribution is -2.34. The van der Waals surface area contributed by atoms with E-state index in [1.54, 1.807) is 16.2 Å². The molecule has 0 fully saturated rings. The lowest BCUT2D eigenvalue weighted by atomic mass is 10.0. The van der Waals surface area contributed by atoms with Gasteiger partial charge in [-0.25, -0.2) is 4.98 Å². The number of alkyl halides is 1. The van der Waals surface area contributed by atoms with Crippen LogP contribution in [0.1, 0.15) is 34.1 Å². The highest BCUT2D eigenvalue weighted by molar-refractivity contribution is 7.10. The monoisotopic (exact) mass is 312 g/mol. The Morgan fingerprint density at radius 3 is 3.16 bits per heavy atom. The number of aromatic nitrogens is 1. The van der Waals surface area contributed by atoms with Gasteiger partial charge < -0.3 is 0 Å². The molecule has 1 aliphatic rings. The average molecular weight is 313 g/mol. The van der Waals surface area contributed by atoms with Crippen molar-refractivity contribution in [3.05, 3.63) is 38.0 Å². The SMILES string of the molecule is CC1c2ccsc2CCN1CCc1nc(CCl)cs1. The quantitative estimate of drug-likeness (QED) is 0.790. The van der Waals surface area contributed by atoms with Gasteiger partial charge in [0.05, 0.1) is 16.6 Å². The maximum absolute atomic E-state index is 5.79. The van der Waals surface area contributed by atoms with Gasteiger partial charge in [0.1, 0.15) is 0 Å². The molecule has 0 spiro atoms. The van der Waals surface area contributed by atoms with Gasteiger partial charge in [-0.15, -0.1) is 34.3 Å². The number of thiophene rings is 1. The lowest BCUT2D eigenvalue weighted by molar-refractivity contribution is 0.203. The topological polar surface area (TPSA) is 16.1 Å². The molecule has 2 aromatic rings. The normalized spacial score (nSPS) is 19.6. The Kier molecular flexibility index (Phi) is 4.22. The van der Waals surface area contributed by atoms with Gasteiger partial charge in [0.2, 0.25) is 0 Å². The Morgan fingerprint density at radius 1 is 1.47 bits per heavy atom. The van der Waals surface area contributed by atoms with E-state index < -0.39 is 0 Å². The average Bonchev–Trinajstić information content (AvgIpc) is 3.06. The third-order valence-electron chi connectivity index (χ3n) is 3.75. The number of hydrogen-bond acceptors (Lipinski definition) is 4. The molecule has 0 aromatic carbocycles. The van der Waals surface area contributed by atoms with E-state index in [-0.39, 0.29) is 0 Å². The molecule has 2 nitrogen and oxygen atoms in total. The molecule has 2 aromatic heterocycles. The van der Waals surface area contributed by atoms with Gasteiger partial charge in [-0.3, -0.25) is 4.90 Å². The van der Waals surface area contributed by atoms with Crippen molar-refractivity contribution in [2.75, 3.05) is 13.1 Å². The van der Waals surface area contributed by atoms with Crippen LogP contribution in [0.3, 0.4) is 0 Å². The first kappa shape index (κ1) is 13.6. The molecule has 5 heteroatoms. The highest BCUT2D eigenvalue weighted by atomic mass is 35.5. The smallest absolute Gasteiger partial charge is 0.0941 e. The van der Waals surface area contributed by atoms with Crippen molar-refractivity contribution < 1.29 is 0 Å². The summed E-state index contributed by atoms with van der Waals surface area (Å²) in [5.41, 5.74) is 2.53. The minimum atomic E-state index is 0.523. The largest absolute Gasteiger partial charge is 0.296 e. The zero-order chi connectivity index (χ0) is 13.2. The minimum absolute atomic E-state index is 0.523. The molecule has 0 bridgehead atoms. The van der Waals surface area contributed by atoms with E-state index in [1.807, 2.05) is 11.3 Å². The predicted octanol–water partition coefficient (Wildman–Crippen LogP) is 4.11. The highest BCUT2D eigenvalue weighted by Crippen LogP contribution is 2.32. The summed E-state index contributed by atoms with van der Waals surface area (Å²) in [5.74, 6) is 0.523. The molecule has 1 atom stereocenters. The summed E-state index contributed by atoms with van der Waals surface area (Å²) in [5, 5.41) is 5.50. The number of hydrogen-bond donors (Lipinski definition) is 0. The maximum Gasteiger partial charge on any atom is 0.0941 e. The van der Waals surface area contributed by atoms with Crippen LogP contribution in [0.25, 0.3) is 0 Å². The van der Waals surface area contributed by atoms with Crippen LogP contribution in [0.2, 0.25) is 0 Å². The minimum Gasteiger partial charge on any atom is -0.296 e. The van der Waals surface area contributed by atoms with Gasteiger partial charge in [0.25, 0.3) is 0 Å². The zero-order valence-corrected chi connectivity index (χ0v) is 13.3. The van der Waals surface area contributed by atoms with Crippen molar-refractivity contribution in [3.63, 3.8) is 0 Å². The summed E-state index contributed by atoms with van der Waals surface area (Å²) in [6, 6.07) is 2.83. The van der Waals surface area contributed by atoms with Crippen LogP contribution in [0, 0.1) is 0 Å². The fourth-order valence-electron chi connectivity index (χ4n) is 2.63. The first-order chi connectivity index (χ1) is 9.28. The molecule has 1 aliphatic heterocycles. The van der Waals surface area contributed by atoms with Gasteiger partial charge in [0.15, 0.2) is 0 Å². The van der Waals surface area contributed by atoms with Crippen LogP contribution in [0.5, 0.6) is 0 Å². The Labute approximate surface area is 127 Å². The molecule has 1 unspecified atom stereocenters. The van der Waals surface area contributed by atoms with Crippen molar-refractivity contribution >= 4 is 34.3 Å². The van der Waals surface area contributed by atoms with E-state index in [1.165, 1.54) is 23.5 Å². The number of halogens is 1. The summed E-state index contributed by atoms with van der Waals surface area (Å²) < 4.78 is 0. The molecule has 0 radical (unpaired) electrons. The van der Waals surface area contributed by atoms with Gasteiger partial charge in [-0.05, 0) is 30.4 Å². The van der Waals surface area contributed by atoms with Crippen LogP contribution in [0.15, 0.2) is 16.8 Å².